The molecule has 3 aromatic rings. The van der Waals surface area contributed by atoms with Gasteiger partial charge in [-0.2, -0.15) is 8.78 Å². The molecule has 204 valence electrons. The van der Waals surface area contributed by atoms with Crippen molar-refractivity contribution in [3.63, 3.8) is 0 Å². The molecule has 0 aliphatic carbocycles. The smallest absolute Gasteiger partial charge is 0.387 e. The van der Waals surface area contributed by atoms with E-state index in [1.807, 2.05) is 24.3 Å². The Labute approximate surface area is 233 Å². The van der Waals surface area contributed by atoms with Gasteiger partial charge in [-0.05, 0) is 66.9 Å². The molecule has 39 heavy (non-hydrogen) atoms. The molecule has 1 saturated heterocycles. The topological polar surface area (TPSA) is 79.0 Å². The molecule has 3 aromatic carbocycles. The number of ether oxygens (including phenoxy) is 1. The van der Waals surface area contributed by atoms with E-state index in [4.69, 9.17) is 0 Å². The number of hydrogen-bond acceptors (Lipinski definition) is 4. The van der Waals surface area contributed by atoms with Crippen LogP contribution >= 0.6 is 15.9 Å². The maximum atomic E-state index is 13.9. The van der Waals surface area contributed by atoms with E-state index in [2.05, 4.69) is 26.0 Å². The third-order valence-corrected chi connectivity index (χ3v) is 6.94. The van der Waals surface area contributed by atoms with Crippen molar-refractivity contribution in [1.82, 2.24) is 4.90 Å². The minimum Gasteiger partial charge on any atom is -0.434 e. The highest BCUT2D eigenvalue weighted by Gasteiger charge is 2.33. The number of hydrogen-bond donors (Lipinski definition) is 1. The number of halogens is 3. The number of amides is 3. The minimum atomic E-state index is -3.06. The van der Waals surface area contributed by atoms with Gasteiger partial charge in [0.25, 0.3) is 5.91 Å². The summed E-state index contributed by atoms with van der Waals surface area (Å²) in [6, 6.07) is 20.5. The lowest BCUT2D eigenvalue weighted by Gasteiger charge is -2.35. The predicted octanol–water partition coefficient (Wildman–Crippen LogP) is 6.09. The number of anilines is 2. The van der Waals surface area contributed by atoms with Gasteiger partial charge >= 0.3 is 6.61 Å². The molecule has 7 nitrogen and oxygen atoms in total. The van der Waals surface area contributed by atoms with Crippen molar-refractivity contribution in [3.05, 3.63) is 88.4 Å². The van der Waals surface area contributed by atoms with Crippen molar-refractivity contribution in [3.8, 4) is 5.75 Å². The number of nitrogens with zero attached hydrogens (tertiary/aromatic N) is 2. The van der Waals surface area contributed by atoms with Crippen LogP contribution in [0.4, 0.5) is 20.2 Å². The molecule has 1 aliphatic rings. The summed E-state index contributed by atoms with van der Waals surface area (Å²) in [5.41, 5.74) is 2.21. The third-order valence-electron chi connectivity index (χ3n) is 6.41. The highest BCUT2D eigenvalue weighted by Crippen LogP contribution is 2.29. The summed E-state index contributed by atoms with van der Waals surface area (Å²) < 4.78 is 31.3. The minimum absolute atomic E-state index is 0.0335. The highest BCUT2D eigenvalue weighted by molar-refractivity contribution is 9.10. The van der Waals surface area contributed by atoms with E-state index >= 15 is 0 Å². The van der Waals surface area contributed by atoms with Crippen LogP contribution in [0.5, 0.6) is 5.75 Å². The van der Waals surface area contributed by atoms with Crippen molar-refractivity contribution >= 4 is 45.0 Å². The largest absolute Gasteiger partial charge is 0.434 e. The molecule has 0 aromatic heterocycles. The van der Waals surface area contributed by atoms with Crippen LogP contribution in [-0.2, 0) is 16.1 Å². The maximum absolute atomic E-state index is 13.9. The van der Waals surface area contributed by atoms with Crippen LogP contribution < -0.4 is 15.0 Å². The molecule has 10 heteroatoms. The van der Waals surface area contributed by atoms with Gasteiger partial charge in [0.15, 0.2) is 0 Å². The average molecular weight is 600 g/mol. The Kier molecular flexibility index (Phi) is 9.29. The van der Waals surface area contributed by atoms with E-state index in [1.165, 1.54) is 30.0 Å². The number of carbonyl (C=O) groups is 3. The van der Waals surface area contributed by atoms with E-state index in [0.717, 1.165) is 10.0 Å². The number of likely N-dealkylation sites (tertiary alicyclic amines) is 1. The Morgan fingerprint density at radius 2 is 1.74 bits per heavy atom. The molecule has 1 unspecified atom stereocenters. The summed E-state index contributed by atoms with van der Waals surface area (Å²) >= 11 is 3.43. The van der Waals surface area contributed by atoms with E-state index in [1.54, 1.807) is 35.2 Å². The van der Waals surface area contributed by atoms with Gasteiger partial charge in [0.1, 0.15) is 5.75 Å². The summed E-state index contributed by atoms with van der Waals surface area (Å²) in [5, 5.41) is 2.72. The first-order valence-electron chi connectivity index (χ1n) is 12.5. The zero-order valence-electron chi connectivity index (χ0n) is 21.3. The number of rotatable bonds is 8. The summed E-state index contributed by atoms with van der Waals surface area (Å²) in [6.45, 7) is -0.767. The lowest BCUT2D eigenvalue weighted by molar-refractivity contribution is -0.123. The van der Waals surface area contributed by atoms with Crippen molar-refractivity contribution in [2.75, 3.05) is 23.3 Å². The zero-order chi connectivity index (χ0) is 27.9. The predicted molar refractivity (Wildman–Crippen MR) is 148 cm³/mol. The molecule has 1 N–H and O–H groups in total. The zero-order valence-corrected chi connectivity index (χ0v) is 22.9. The monoisotopic (exact) mass is 599 g/mol. The van der Waals surface area contributed by atoms with E-state index in [0.29, 0.717) is 37.3 Å². The lowest BCUT2D eigenvalue weighted by Crippen LogP contribution is -2.46. The molecule has 1 aliphatic heterocycles. The lowest BCUT2D eigenvalue weighted by atomic mass is 9.95. The number of benzene rings is 3. The van der Waals surface area contributed by atoms with E-state index < -0.39 is 18.4 Å². The van der Waals surface area contributed by atoms with Gasteiger partial charge < -0.3 is 19.9 Å². The molecule has 4 rings (SSSR count). The van der Waals surface area contributed by atoms with Crippen LogP contribution in [0.1, 0.15) is 35.7 Å². The SMILES string of the molecule is CC(=O)Nc1ccc(N(Cc2ccc(Br)cc2)C(=O)C2CCCN(C(=O)c3ccccc3OC(F)F)C2)cc1. The quantitative estimate of drug-likeness (QED) is 0.339. The Morgan fingerprint density at radius 3 is 2.41 bits per heavy atom. The average Bonchev–Trinajstić information content (AvgIpc) is 2.92. The molecule has 3 amide bonds. The standard InChI is InChI=1S/C29H28BrF2N3O4/c1-19(36)33-23-12-14-24(15-13-23)35(17-20-8-10-22(30)11-9-20)27(37)21-5-4-16-34(18-21)28(38)25-6-2-3-7-26(25)39-29(31)32/h2-3,6-15,21,29H,4-5,16-18H2,1H3,(H,33,36). The molecule has 1 fully saturated rings. The number of nitrogens with one attached hydrogen (secondary N) is 1. The fraction of sp³-hybridized carbons (Fsp3) is 0.276. The van der Waals surface area contributed by atoms with Gasteiger partial charge in [-0.25, -0.2) is 0 Å². The molecule has 0 saturated carbocycles. The van der Waals surface area contributed by atoms with Crippen molar-refractivity contribution in [1.29, 1.82) is 0 Å². The molecular formula is C29H28BrF2N3O4. The van der Waals surface area contributed by atoms with Gasteiger partial charge in [0.05, 0.1) is 18.0 Å². The van der Waals surface area contributed by atoms with Gasteiger partial charge in [-0.15, -0.1) is 0 Å². The fourth-order valence-electron chi connectivity index (χ4n) is 4.59. The normalized spacial score (nSPS) is 15.1. The van der Waals surface area contributed by atoms with Gasteiger partial charge in [-0.1, -0.05) is 40.2 Å². The van der Waals surface area contributed by atoms with Crippen LogP contribution in [0.25, 0.3) is 0 Å². The van der Waals surface area contributed by atoms with Gasteiger partial charge in [0.2, 0.25) is 11.8 Å². The Hall–Kier alpha value is -3.79. The number of para-hydroxylation sites is 1. The summed E-state index contributed by atoms with van der Waals surface area (Å²) in [5.74, 6) is -1.49. The first kappa shape index (κ1) is 28.2. The summed E-state index contributed by atoms with van der Waals surface area (Å²) in [4.78, 5) is 41.9. The van der Waals surface area contributed by atoms with Crippen LogP contribution in [0.3, 0.4) is 0 Å². The Morgan fingerprint density at radius 1 is 1.05 bits per heavy atom. The maximum Gasteiger partial charge on any atom is 0.387 e. The first-order valence-corrected chi connectivity index (χ1v) is 13.3. The van der Waals surface area contributed by atoms with Crippen molar-refractivity contribution < 1.29 is 27.9 Å². The van der Waals surface area contributed by atoms with Gasteiger partial charge in [0, 0.05) is 35.9 Å². The van der Waals surface area contributed by atoms with E-state index in [-0.39, 0.29) is 29.7 Å². The Bertz CT molecular complexity index is 1320. The third kappa shape index (κ3) is 7.41. The number of carbonyl (C=O) groups excluding carboxylic acids is 3. The van der Waals surface area contributed by atoms with Crippen molar-refractivity contribution in [2.24, 2.45) is 5.92 Å². The second-order valence-electron chi connectivity index (χ2n) is 9.24. The second kappa shape index (κ2) is 12.8. The van der Waals surface area contributed by atoms with Crippen LogP contribution in [0.2, 0.25) is 0 Å². The first-order chi connectivity index (χ1) is 18.7. The Balaban J connectivity index is 1.57. The number of piperidine rings is 1. The van der Waals surface area contributed by atoms with Crippen LogP contribution in [-0.4, -0.2) is 42.3 Å². The van der Waals surface area contributed by atoms with Gasteiger partial charge in [-0.3, -0.25) is 14.4 Å². The van der Waals surface area contributed by atoms with Crippen LogP contribution in [0, 0.1) is 5.92 Å². The number of alkyl halides is 2. The second-order valence-corrected chi connectivity index (χ2v) is 10.2. The van der Waals surface area contributed by atoms with Crippen LogP contribution in [0.15, 0.2) is 77.3 Å². The molecule has 0 spiro atoms. The van der Waals surface area contributed by atoms with Crippen molar-refractivity contribution in [2.45, 2.75) is 32.9 Å². The van der Waals surface area contributed by atoms with E-state index in [9.17, 15) is 23.2 Å². The molecule has 0 bridgehead atoms. The highest BCUT2D eigenvalue weighted by atomic mass is 79.9. The molecule has 0 radical (unpaired) electrons. The fourth-order valence-corrected chi connectivity index (χ4v) is 4.86. The molecule has 1 heterocycles. The summed E-state index contributed by atoms with van der Waals surface area (Å²) in [7, 11) is 0. The molecular weight excluding hydrogens is 572 g/mol. The summed E-state index contributed by atoms with van der Waals surface area (Å²) in [6.07, 6.45) is 1.17. The molecule has 1 atom stereocenters.